The van der Waals surface area contributed by atoms with Crippen molar-refractivity contribution in [2.24, 2.45) is 5.92 Å². The molecule has 0 spiro atoms. The largest absolute Gasteiger partial charge is 0.433 e. The maximum absolute atomic E-state index is 12.7. The molecule has 122 valence electrons. The zero-order valence-corrected chi connectivity index (χ0v) is 12.3. The van der Waals surface area contributed by atoms with Crippen LogP contribution in [0.2, 0.25) is 0 Å². The quantitative estimate of drug-likeness (QED) is 0.939. The number of rotatable bonds is 4. The van der Waals surface area contributed by atoms with Crippen LogP contribution in [0.5, 0.6) is 0 Å². The Morgan fingerprint density at radius 3 is 2.65 bits per heavy atom. The van der Waals surface area contributed by atoms with Crippen molar-refractivity contribution in [3.05, 3.63) is 54.0 Å². The molecule has 2 atom stereocenters. The third-order valence-corrected chi connectivity index (χ3v) is 3.82. The molecule has 1 N–H and O–H groups in total. The van der Waals surface area contributed by atoms with Gasteiger partial charge in [0.25, 0.3) is 0 Å². The Labute approximate surface area is 131 Å². The summed E-state index contributed by atoms with van der Waals surface area (Å²) in [5.41, 5.74) is 0.228. The molecule has 0 aliphatic carbocycles. The van der Waals surface area contributed by atoms with Crippen LogP contribution >= 0.6 is 0 Å². The summed E-state index contributed by atoms with van der Waals surface area (Å²) >= 11 is 0. The van der Waals surface area contributed by atoms with Gasteiger partial charge in [-0.05, 0) is 36.2 Å². The molecule has 1 aliphatic rings. The molecule has 0 aromatic carbocycles. The van der Waals surface area contributed by atoms with E-state index in [2.05, 4.69) is 15.3 Å². The van der Waals surface area contributed by atoms with E-state index < -0.39 is 11.9 Å². The third-order valence-electron chi connectivity index (χ3n) is 3.82. The number of aromatic nitrogens is 2. The fraction of sp³-hybridized carbons (Fsp3) is 0.375. The number of halogens is 3. The molecule has 3 heterocycles. The van der Waals surface area contributed by atoms with Gasteiger partial charge in [0.05, 0.1) is 19.3 Å². The summed E-state index contributed by atoms with van der Waals surface area (Å²) in [5, 5.41) is 3.07. The number of alkyl halides is 3. The number of nitrogens with zero attached hydrogens (tertiary/aromatic N) is 2. The summed E-state index contributed by atoms with van der Waals surface area (Å²) in [4.78, 5) is 7.62. The fourth-order valence-corrected chi connectivity index (χ4v) is 2.64. The molecule has 2 aromatic heterocycles. The van der Waals surface area contributed by atoms with Crippen LogP contribution in [0.3, 0.4) is 0 Å². The van der Waals surface area contributed by atoms with E-state index in [4.69, 9.17) is 4.74 Å². The molecule has 0 unspecified atom stereocenters. The van der Waals surface area contributed by atoms with Crippen molar-refractivity contribution in [2.75, 3.05) is 18.5 Å². The minimum atomic E-state index is -4.44. The minimum Gasteiger partial charge on any atom is -0.379 e. The van der Waals surface area contributed by atoms with E-state index in [-0.39, 0.29) is 17.8 Å². The first-order valence-corrected chi connectivity index (χ1v) is 7.30. The Balaban J connectivity index is 1.69. The summed E-state index contributed by atoms with van der Waals surface area (Å²) in [7, 11) is 0. The van der Waals surface area contributed by atoms with Crippen molar-refractivity contribution in [3.8, 4) is 0 Å². The molecule has 0 bridgehead atoms. The molecule has 7 heteroatoms. The molecule has 1 aliphatic heterocycles. The van der Waals surface area contributed by atoms with Crippen molar-refractivity contribution in [1.82, 2.24) is 9.97 Å². The normalized spacial score (nSPS) is 21.3. The molecule has 0 saturated carbocycles. The van der Waals surface area contributed by atoms with Crippen molar-refractivity contribution in [1.29, 1.82) is 0 Å². The van der Waals surface area contributed by atoms with E-state index in [1.54, 1.807) is 12.4 Å². The van der Waals surface area contributed by atoms with Gasteiger partial charge in [-0.1, -0.05) is 6.07 Å². The SMILES string of the molecule is FC(F)(F)c1cccc(N[C@@H]2COC[C@H]2Cc2ccncc2)n1. The topological polar surface area (TPSA) is 47.0 Å². The van der Waals surface area contributed by atoms with E-state index in [0.29, 0.717) is 13.2 Å². The Hall–Kier alpha value is -2.15. The van der Waals surface area contributed by atoms with Gasteiger partial charge in [0.15, 0.2) is 0 Å². The molecule has 0 amide bonds. The van der Waals surface area contributed by atoms with Crippen LogP contribution in [0.25, 0.3) is 0 Å². The van der Waals surface area contributed by atoms with Gasteiger partial charge in [-0.15, -0.1) is 0 Å². The number of pyridine rings is 2. The van der Waals surface area contributed by atoms with E-state index in [9.17, 15) is 13.2 Å². The van der Waals surface area contributed by atoms with Gasteiger partial charge in [-0.25, -0.2) is 4.98 Å². The van der Waals surface area contributed by atoms with Crippen molar-refractivity contribution >= 4 is 5.82 Å². The maximum atomic E-state index is 12.7. The minimum absolute atomic E-state index is 0.0702. The number of hydrogen-bond donors (Lipinski definition) is 1. The lowest BCUT2D eigenvalue weighted by Crippen LogP contribution is -2.30. The van der Waals surface area contributed by atoms with Crippen LogP contribution in [0.15, 0.2) is 42.7 Å². The zero-order chi connectivity index (χ0) is 16.3. The van der Waals surface area contributed by atoms with Gasteiger partial charge in [0.2, 0.25) is 0 Å². The lowest BCUT2D eigenvalue weighted by Gasteiger charge is -2.20. The van der Waals surface area contributed by atoms with Gasteiger partial charge in [-0.2, -0.15) is 13.2 Å². The monoisotopic (exact) mass is 323 g/mol. The van der Waals surface area contributed by atoms with Gasteiger partial charge < -0.3 is 10.1 Å². The number of nitrogens with one attached hydrogen (secondary N) is 1. The Kier molecular flexibility index (Phi) is 4.47. The highest BCUT2D eigenvalue weighted by Gasteiger charge is 2.33. The number of anilines is 1. The molecular formula is C16H16F3N3O. The standard InChI is InChI=1S/C16H16F3N3O/c17-16(18,19)14-2-1-3-15(22-14)21-13-10-23-9-12(13)8-11-4-6-20-7-5-11/h1-7,12-13H,8-10H2,(H,21,22)/t12-,13-/m1/s1. The molecule has 1 fully saturated rings. The van der Waals surface area contributed by atoms with Crippen LogP contribution in [-0.2, 0) is 17.3 Å². The van der Waals surface area contributed by atoms with Crippen LogP contribution in [0.4, 0.5) is 19.0 Å². The first-order chi connectivity index (χ1) is 11.0. The van der Waals surface area contributed by atoms with Crippen molar-refractivity contribution in [2.45, 2.75) is 18.6 Å². The average Bonchev–Trinajstić information content (AvgIpc) is 2.95. The average molecular weight is 323 g/mol. The predicted molar refractivity (Wildman–Crippen MR) is 78.9 cm³/mol. The predicted octanol–water partition coefficient (Wildman–Crippen LogP) is 3.17. The second-order valence-electron chi connectivity index (χ2n) is 5.51. The zero-order valence-electron chi connectivity index (χ0n) is 12.3. The lowest BCUT2D eigenvalue weighted by atomic mass is 9.95. The fourth-order valence-electron chi connectivity index (χ4n) is 2.64. The van der Waals surface area contributed by atoms with Gasteiger partial charge >= 0.3 is 6.18 Å². The highest BCUT2D eigenvalue weighted by Crippen LogP contribution is 2.29. The van der Waals surface area contributed by atoms with Crippen molar-refractivity contribution < 1.29 is 17.9 Å². The summed E-state index contributed by atoms with van der Waals surface area (Å²) in [5.74, 6) is 0.392. The van der Waals surface area contributed by atoms with Crippen LogP contribution in [0.1, 0.15) is 11.3 Å². The van der Waals surface area contributed by atoms with E-state index >= 15 is 0 Å². The van der Waals surface area contributed by atoms with Crippen LogP contribution < -0.4 is 5.32 Å². The second-order valence-corrected chi connectivity index (χ2v) is 5.51. The van der Waals surface area contributed by atoms with E-state index in [1.165, 1.54) is 12.1 Å². The summed E-state index contributed by atoms with van der Waals surface area (Å²) in [6, 6.07) is 7.64. The highest BCUT2D eigenvalue weighted by molar-refractivity contribution is 5.37. The summed E-state index contributed by atoms with van der Waals surface area (Å²) in [6.45, 7) is 1.02. The third kappa shape index (κ3) is 3.98. The van der Waals surface area contributed by atoms with Gasteiger partial charge in [0.1, 0.15) is 11.5 Å². The summed E-state index contributed by atoms with van der Waals surface area (Å²) in [6.07, 6.45) is -0.219. The maximum Gasteiger partial charge on any atom is 0.433 e. The second kappa shape index (κ2) is 6.54. The van der Waals surface area contributed by atoms with E-state index in [0.717, 1.165) is 18.1 Å². The smallest absolute Gasteiger partial charge is 0.379 e. The number of hydrogen-bond acceptors (Lipinski definition) is 4. The van der Waals surface area contributed by atoms with E-state index in [1.807, 2.05) is 12.1 Å². The molecule has 23 heavy (non-hydrogen) atoms. The molecular weight excluding hydrogens is 307 g/mol. The molecule has 2 aromatic rings. The molecule has 3 rings (SSSR count). The Morgan fingerprint density at radius 2 is 1.91 bits per heavy atom. The highest BCUT2D eigenvalue weighted by atomic mass is 19.4. The number of ether oxygens (including phenoxy) is 1. The Bertz CT molecular complexity index is 649. The summed E-state index contributed by atoms with van der Waals surface area (Å²) < 4.78 is 43.7. The van der Waals surface area contributed by atoms with Crippen LogP contribution in [0, 0.1) is 5.92 Å². The van der Waals surface area contributed by atoms with Gasteiger partial charge in [-0.3, -0.25) is 4.98 Å². The van der Waals surface area contributed by atoms with Crippen LogP contribution in [-0.4, -0.2) is 29.2 Å². The molecule has 1 saturated heterocycles. The Morgan fingerprint density at radius 1 is 1.13 bits per heavy atom. The van der Waals surface area contributed by atoms with Crippen molar-refractivity contribution in [3.63, 3.8) is 0 Å². The lowest BCUT2D eigenvalue weighted by molar-refractivity contribution is -0.141. The van der Waals surface area contributed by atoms with Gasteiger partial charge in [0, 0.05) is 18.3 Å². The molecule has 4 nitrogen and oxygen atoms in total. The molecule has 0 radical (unpaired) electrons. The first-order valence-electron chi connectivity index (χ1n) is 7.30. The first kappa shape index (κ1) is 15.7.